The molecule has 0 fully saturated rings. The molecule has 0 aliphatic rings. The van der Waals surface area contributed by atoms with Crippen LogP contribution in [0.2, 0.25) is 10.0 Å². The number of ether oxygens (including phenoxy) is 2. The van der Waals surface area contributed by atoms with Gasteiger partial charge in [0.05, 0.1) is 25.6 Å². The first kappa shape index (κ1) is 21.5. The van der Waals surface area contributed by atoms with Crippen molar-refractivity contribution in [3.63, 3.8) is 0 Å². The molecular weight excluding hydrogens is 427 g/mol. The van der Waals surface area contributed by atoms with Gasteiger partial charge in [0.15, 0.2) is 0 Å². The minimum atomic E-state index is -0.362. The summed E-state index contributed by atoms with van der Waals surface area (Å²) in [6.07, 6.45) is 0. The molecule has 0 radical (unpaired) electrons. The highest BCUT2D eigenvalue weighted by atomic mass is 35.5. The van der Waals surface area contributed by atoms with Crippen molar-refractivity contribution in [2.75, 3.05) is 24.9 Å². The summed E-state index contributed by atoms with van der Waals surface area (Å²) in [5.74, 6) is 0.247. The summed E-state index contributed by atoms with van der Waals surface area (Å²) in [6, 6.07) is 16.1. The Morgan fingerprint density at radius 1 is 0.667 bits per heavy atom. The Labute approximate surface area is 183 Å². The molecule has 0 spiro atoms. The lowest BCUT2D eigenvalue weighted by atomic mass is 10.1. The van der Waals surface area contributed by atoms with Crippen LogP contribution in [0, 0.1) is 0 Å². The molecular formula is C22H18Cl2N2O4. The number of halogens is 2. The predicted octanol–water partition coefficient (Wildman–Crippen LogP) is 5.52. The average molecular weight is 445 g/mol. The van der Waals surface area contributed by atoms with Crippen molar-refractivity contribution in [2.24, 2.45) is 0 Å². The van der Waals surface area contributed by atoms with E-state index in [-0.39, 0.29) is 11.8 Å². The third-order valence-electron chi connectivity index (χ3n) is 4.23. The molecule has 0 aromatic heterocycles. The molecule has 0 unspecified atom stereocenters. The summed E-state index contributed by atoms with van der Waals surface area (Å²) in [5.41, 5.74) is 1.64. The fraction of sp³-hybridized carbons (Fsp3) is 0.0909. The zero-order chi connectivity index (χ0) is 21.7. The van der Waals surface area contributed by atoms with Gasteiger partial charge in [-0.1, -0.05) is 23.2 Å². The van der Waals surface area contributed by atoms with Gasteiger partial charge in [0.1, 0.15) is 11.5 Å². The van der Waals surface area contributed by atoms with Crippen LogP contribution >= 0.6 is 23.2 Å². The topological polar surface area (TPSA) is 76.7 Å². The molecule has 2 N–H and O–H groups in total. The number of benzene rings is 3. The van der Waals surface area contributed by atoms with Crippen LogP contribution < -0.4 is 20.1 Å². The van der Waals surface area contributed by atoms with E-state index in [1.54, 1.807) is 60.7 Å². The second-order valence-electron chi connectivity index (χ2n) is 6.17. The van der Waals surface area contributed by atoms with Gasteiger partial charge in [-0.05, 0) is 60.7 Å². The van der Waals surface area contributed by atoms with E-state index < -0.39 is 0 Å². The van der Waals surface area contributed by atoms with Crippen LogP contribution in [-0.2, 0) is 0 Å². The molecule has 0 bridgehead atoms. The number of rotatable bonds is 6. The SMILES string of the molecule is COc1ccc(Cl)cc1NC(=O)c1ccc(C(=O)Nc2cc(Cl)ccc2OC)cc1. The first-order valence-electron chi connectivity index (χ1n) is 8.81. The maximum atomic E-state index is 12.5. The number of methoxy groups -OCH3 is 2. The molecule has 0 heterocycles. The third kappa shape index (κ3) is 5.03. The van der Waals surface area contributed by atoms with Gasteiger partial charge in [0.2, 0.25) is 0 Å². The van der Waals surface area contributed by atoms with Crippen molar-refractivity contribution in [1.82, 2.24) is 0 Å². The second-order valence-corrected chi connectivity index (χ2v) is 7.05. The number of hydrogen-bond acceptors (Lipinski definition) is 4. The summed E-state index contributed by atoms with van der Waals surface area (Å²) >= 11 is 12.0. The minimum absolute atomic E-state index is 0.362. The molecule has 0 saturated heterocycles. The van der Waals surface area contributed by atoms with Crippen LogP contribution in [0.4, 0.5) is 11.4 Å². The molecule has 3 aromatic rings. The van der Waals surface area contributed by atoms with E-state index in [9.17, 15) is 9.59 Å². The monoisotopic (exact) mass is 444 g/mol. The van der Waals surface area contributed by atoms with Gasteiger partial charge in [-0.3, -0.25) is 9.59 Å². The van der Waals surface area contributed by atoms with Crippen LogP contribution in [0.1, 0.15) is 20.7 Å². The average Bonchev–Trinajstić information content (AvgIpc) is 2.74. The quantitative estimate of drug-likeness (QED) is 0.524. The lowest BCUT2D eigenvalue weighted by Crippen LogP contribution is -2.15. The normalized spacial score (nSPS) is 10.3. The lowest BCUT2D eigenvalue weighted by Gasteiger charge is -2.12. The Morgan fingerprint density at radius 3 is 1.37 bits per heavy atom. The second kappa shape index (κ2) is 9.52. The summed E-state index contributed by atoms with van der Waals surface area (Å²) < 4.78 is 10.5. The number of carbonyl (C=O) groups is 2. The number of carbonyl (C=O) groups excluding carboxylic acids is 2. The highest BCUT2D eigenvalue weighted by molar-refractivity contribution is 6.31. The number of amides is 2. The Balaban J connectivity index is 1.73. The van der Waals surface area contributed by atoms with Crippen molar-refractivity contribution in [2.45, 2.75) is 0 Å². The lowest BCUT2D eigenvalue weighted by molar-refractivity contribution is 0.101. The molecule has 30 heavy (non-hydrogen) atoms. The van der Waals surface area contributed by atoms with Crippen molar-refractivity contribution in [3.05, 3.63) is 81.8 Å². The molecule has 3 rings (SSSR count). The van der Waals surface area contributed by atoms with Gasteiger partial charge in [-0.2, -0.15) is 0 Å². The molecule has 8 heteroatoms. The summed E-state index contributed by atoms with van der Waals surface area (Å²) in [7, 11) is 3.00. The van der Waals surface area contributed by atoms with E-state index in [4.69, 9.17) is 32.7 Å². The molecule has 0 atom stereocenters. The number of hydrogen-bond donors (Lipinski definition) is 2. The zero-order valence-corrected chi connectivity index (χ0v) is 17.7. The highest BCUT2D eigenvalue weighted by Crippen LogP contribution is 2.29. The van der Waals surface area contributed by atoms with Gasteiger partial charge in [0, 0.05) is 21.2 Å². The predicted molar refractivity (Wildman–Crippen MR) is 118 cm³/mol. The maximum absolute atomic E-state index is 12.5. The van der Waals surface area contributed by atoms with Gasteiger partial charge in [-0.15, -0.1) is 0 Å². The first-order valence-corrected chi connectivity index (χ1v) is 9.56. The Morgan fingerprint density at radius 2 is 1.03 bits per heavy atom. The number of anilines is 2. The van der Waals surface area contributed by atoms with Crippen LogP contribution in [0.3, 0.4) is 0 Å². The van der Waals surface area contributed by atoms with Crippen molar-refractivity contribution < 1.29 is 19.1 Å². The standard InChI is InChI=1S/C22H18Cl2N2O4/c1-29-19-9-7-15(23)11-17(19)25-21(27)13-3-5-14(6-4-13)22(28)26-18-12-16(24)8-10-20(18)30-2/h3-12H,1-2H3,(H,25,27)(H,26,28). The third-order valence-corrected chi connectivity index (χ3v) is 4.70. The van der Waals surface area contributed by atoms with Crippen molar-refractivity contribution in [1.29, 1.82) is 0 Å². The Hall–Kier alpha value is -3.22. The molecule has 0 aliphatic heterocycles. The molecule has 154 valence electrons. The fourth-order valence-corrected chi connectivity index (χ4v) is 3.06. The van der Waals surface area contributed by atoms with Crippen LogP contribution in [0.15, 0.2) is 60.7 Å². The van der Waals surface area contributed by atoms with Gasteiger partial charge >= 0.3 is 0 Å². The van der Waals surface area contributed by atoms with Gasteiger partial charge in [0.25, 0.3) is 11.8 Å². The number of nitrogens with one attached hydrogen (secondary N) is 2. The van der Waals surface area contributed by atoms with Gasteiger partial charge in [-0.25, -0.2) is 0 Å². The Kier molecular flexibility index (Phi) is 6.82. The van der Waals surface area contributed by atoms with E-state index in [0.717, 1.165) is 0 Å². The minimum Gasteiger partial charge on any atom is -0.495 e. The first-order chi connectivity index (χ1) is 14.4. The summed E-state index contributed by atoms with van der Waals surface area (Å²) in [6.45, 7) is 0. The summed E-state index contributed by atoms with van der Waals surface area (Å²) in [5, 5.41) is 6.43. The molecule has 0 saturated carbocycles. The molecule has 0 aliphatic carbocycles. The van der Waals surface area contributed by atoms with Gasteiger partial charge < -0.3 is 20.1 Å². The Bertz CT molecular complexity index is 998. The largest absolute Gasteiger partial charge is 0.495 e. The molecule has 2 amide bonds. The maximum Gasteiger partial charge on any atom is 0.255 e. The smallest absolute Gasteiger partial charge is 0.255 e. The fourth-order valence-electron chi connectivity index (χ4n) is 2.72. The molecule has 3 aromatic carbocycles. The van der Waals surface area contributed by atoms with Crippen molar-refractivity contribution in [3.8, 4) is 11.5 Å². The van der Waals surface area contributed by atoms with Crippen LogP contribution in [-0.4, -0.2) is 26.0 Å². The van der Waals surface area contributed by atoms with E-state index in [0.29, 0.717) is 44.0 Å². The van der Waals surface area contributed by atoms with E-state index in [2.05, 4.69) is 10.6 Å². The van der Waals surface area contributed by atoms with Crippen LogP contribution in [0.5, 0.6) is 11.5 Å². The van der Waals surface area contributed by atoms with Crippen molar-refractivity contribution >= 4 is 46.4 Å². The zero-order valence-electron chi connectivity index (χ0n) is 16.2. The van der Waals surface area contributed by atoms with E-state index >= 15 is 0 Å². The summed E-state index contributed by atoms with van der Waals surface area (Å²) in [4.78, 5) is 25.1. The van der Waals surface area contributed by atoms with E-state index in [1.807, 2.05) is 0 Å². The van der Waals surface area contributed by atoms with E-state index in [1.165, 1.54) is 14.2 Å². The van der Waals surface area contributed by atoms with Crippen LogP contribution in [0.25, 0.3) is 0 Å². The molecule has 6 nitrogen and oxygen atoms in total. The highest BCUT2D eigenvalue weighted by Gasteiger charge is 2.13.